The Morgan fingerprint density at radius 2 is 2.09 bits per heavy atom. The van der Waals surface area contributed by atoms with Crippen LogP contribution in [0.5, 0.6) is 5.75 Å². The normalized spacial score (nSPS) is 13.1. The first-order chi connectivity index (χ1) is 10.6. The van der Waals surface area contributed by atoms with E-state index in [1.54, 1.807) is 12.1 Å². The number of rotatable bonds is 7. The third-order valence-corrected chi connectivity index (χ3v) is 3.80. The van der Waals surface area contributed by atoms with Crippen LogP contribution in [0.4, 0.5) is 11.4 Å². The summed E-state index contributed by atoms with van der Waals surface area (Å²) in [5.74, 6) is 0.243. The second-order valence-corrected chi connectivity index (χ2v) is 5.78. The highest BCUT2D eigenvalue weighted by molar-refractivity contribution is 6.34. The van der Waals surface area contributed by atoms with Crippen LogP contribution in [0.3, 0.4) is 0 Å². The number of hydrogen-bond acceptors (Lipinski definition) is 3. The van der Waals surface area contributed by atoms with Crippen LogP contribution in [-0.2, 0) is 9.59 Å². The number of nitrogens with one attached hydrogen (secondary N) is 2. The van der Waals surface area contributed by atoms with E-state index in [4.69, 9.17) is 16.3 Å². The zero-order chi connectivity index (χ0) is 15.9. The number of halogens is 1. The first-order valence-corrected chi connectivity index (χ1v) is 8.04. The number of fused-ring (bicyclic) bond motifs is 1. The van der Waals surface area contributed by atoms with Gasteiger partial charge in [-0.25, -0.2) is 0 Å². The Morgan fingerprint density at radius 3 is 2.86 bits per heavy atom. The van der Waals surface area contributed by atoms with E-state index < -0.39 is 0 Å². The molecule has 2 N–H and O–H groups in total. The molecule has 0 fully saturated rings. The maximum Gasteiger partial charge on any atom is 0.262 e. The molecule has 120 valence electrons. The second-order valence-electron chi connectivity index (χ2n) is 5.38. The van der Waals surface area contributed by atoms with E-state index in [1.165, 1.54) is 12.8 Å². The molecule has 0 aromatic heterocycles. The van der Waals surface area contributed by atoms with Crippen molar-refractivity contribution in [1.29, 1.82) is 0 Å². The van der Waals surface area contributed by atoms with E-state index >= 15 is 0 Å². The van der Waals surface area contributed by atoms with Crippen LogP contribution in [0, 0.1) is 0 Å². The van der Waals surface area contributed by atoms with Gasteiger partial charge < -0.3 is 15.4 Å². The standard InChI is InChI=1S/C16H21ClN2O3/c1-2-3-4-5-6-7-15(20)18-12-9-14-13(8-11(12)17)19-16(21)10-22-14/h8-9H,2-7,10H2,1H3,(H,18,20)(H,19,21). The number of hydrogen-bond donors (Lipinski definition) is 2. The number of ether oxygens (including phenoxy) is 1. The van der Waals surface area contributed by atoms with Crippen LogP contribution in [-0.4, -0.2) is 18.4 Å². The lowest BCUT2D eigenvalue weighted by Gasteiger charge is -2.19. The third kappa shape index (κ3) is 4.63. The van der Waals surface area contributed by atoms with Gasteiger partial charge in [0.25, 0.3) is 5.91 Å². The topological polar surface area (TPSA) is 67.4 Å². The SMILES string of the molecule is CCCCCCCC(=O)Nc1cc2c(cc1Cl)NC(=O)CO2. The molecular formula is C16H21ClN2O3. The zero-order valence-corrected chi connectivity index (χ0v) is 13.5. The summed E-state index contributed by atoms with van der Waals surface area (Å²) >= 11 is 6.13. The van der Waals surface area contributed by atoms with Crippen LogP contribution < -0.4 is 15.4 Å². The summed E-state index contributed by atoms with van der Waals surface area (Å²) in [6.07, 6.45) is 5.98. The van der Waals surface area contributed by atoms with E-state index in [-0.39, 0.29) is 18.4 Å². The highest BCUT2D eigenvalue weighted by atomic mass is 35.5. The van der Waals surface area contributed by atoms with Gasteiger partial charge in [-0.2, -0.15) is 0 Å². The Bertz CT molecular complexity index is 561. The molecule has 1 aromatic carbocycles. The van der Waals surface area contributed by atoms with E-state index in [0.29, 0.717) is 28.6 Å². The van der Waals surface area contributed by atoms with Crippen molar-refractivity contribution in [2.24, 2.45) is 0 Å². The molecule has 0 spiro atoms. The monoisotopic (exact) mass is 324 g/mol. The van der Waals surface area contributed by atoms with Crippen molar-refractivity contribution in [3.05, 3.63) is 17.2 Å². The molecule has 6 heteroatoms. The van der Waals surface area contributed by atoms with Crippen molar-refractivity contribution >= 4 is 34.8 Å². The van der Waals surface area contributed by atoms with Crippen molar-refractivity contribution in [2.75, 3.05) is 17.2 Å². The molecule has 1 aromatic rings. The molecule has 0 unspecified atom stereocenters. The molecule has 1 aliphatic rings. The van der Waals surface area contributed by atoms with Gasteiger partial charge in [-0.3, -0.25) is 9.59 Å². The summed E-state index contributed by atoms with van der Waals surface area (Å²) in [7, 11) is 0. The van der Waals surface area contributed by atoms with Crippen molar-refractivity contribution in [3.63, 3.8) is 0 Å². The summed E-state index contributed by atoms with van der Waals surface area (Å²) < 4.78 is 5.32. The minimum absolute atomic E-state index is 0.0283. The van der Waals surface area contributed by atoms with E-state index in [0.717, 1.165) is 19.3 Å². The van der Waals surface area contributed by atoms with E-state index in [1.807, 2.05) is 0 Å². The first-order valence-electron chi connectivity index (χ1n) is 7.66. The number of unbranched alkanes of at least 4 members (excludes halogenated alkanes) is 4. The van der Waals surface area contributed by atoms with Gasteiger partial charge in [0.1, 0.15) is 5.75 Å². The molecule has 0 aliphatic carbocycles. The average Bonchev–Trinajstić information content (AvgIpc) is 2.48. The Labute approximate surface area is 135 Å². The van der Waals surface area contributed by atoms with Crippen molar-refractivity contribution < 1.29 is 14.3 Å². The molecule has 0 saturated heterocycles. The van der Waals surface area contributed by atoms with Crippen LogP contribution >= 0.6 is 11.6 Å². The maximum absolute atomic E-state index is 11.9. The summed E-state index contributed by atoms with van der Waals surface area (Å²) in [5, 5.41) is 5.85. The molecule has 1 aliphatic heterocycles. The fraction of sp³-hybridized carbons (Fsp3) is 0.500. The molecule has 2 amide bonds. The lowest BCUT2D eigenvalue weighted by molar-refractivity contribution is -0.118. The average molecular weight is 325 g/mol. The molecule has 0 radical (unpaired) electrons. The van der Waals surface area contributed by atoms with Gasteiger partial charge in [-0.1, -0.05) is 44.2 Å². The van der Waals surface area contributed by atoms with Crippen molar-refractivity contribution in [1.82, 2.24) is 0 Å². The zero-order valence-electron chi connectivity index (χ0n) is 12.7. The number of amides is 2. The fourth-order valence-corrected chi connectivity index (χ4v) is 2.51. The third-order valence-electron chi connectivity index (χ3n) is 3.48. The molecule has 1 heterocycles. The summed E-state index contributed by atoms with van der Waals surface area (Å²) in [6.45, 7) is 2.13. The van der Waals surface area contributed by atoms with Crippen LogP contribution in [0.1, 0.15) is 45.4 Å². The van der Waals surface area contributed by atoms with Crippen LogP contribution in [0.25, 0.3) is 0 Å². The molecule has 0 bridgehead atoms. The van der Waals surface area contributed by atoms with Gasteiger partial charge in [0.15, 0.2) is 6.61 Å². The lowest BCUT2D eigenvalue weighted by Crippen LogP contribution is -2.25. The van der Waals surface area contributed by atoms with Gasteiger partial charge in [-0.05, 0) is 12.5 Å². The van der Waals surface area contributed by atoms with E-state index in [9.17, 15) is 9.59 Å². The second kappa shape index (κ2) is 8.03. The minimum atomic E-state index is -0.215. The molecule has 0 atom stereocenters. The largest absolute Gasteiger partial charge is 0.482 e. The minimum Gasteiger partial charge on any atom is -0.482 e. The predicted octanol–water partition coefficient (Wildman–Crippen LogP) is 3.97. The Balaban J connectivity index is 1.90. The summed E-state index contributed by atoms with van der Waals surface area (Å²) in [4.78, 5) is 23.2. The Morgan fingerprint density at radius 1 is 1.32 bits per heavy atom. The smallest absolute Gasteiger partial charge is 0.262 e. The van der Waals surface area contributed by atoms with Gasteiger partial charge in [0.05, 0.1) is 16.4 Å². The highest BCUT2D eigenvalue weighted by Gasteiger charge is 2.18. The number of carbonyl (C=O) groups excluding carboxylic acids is 2. The van der Waals surface area contributed by atoms with Crippen LogP contribution in [0.15, 0.2) is 12.1 Å². The van der Waals surface area contributed by atoms with E-state index in [2.05, 4.69) is 17.6 Å². The highest BCUT2D eigenvalue weighted by Crippen LogP contribution is 2.36. The van der Waals surface area contributed by atoms with Crippen molar-refractivity contribution in [3.8, 4) is 5.75 Å². The van der Waals surface area contributed by atoms with Gasteiger partial charge in [0, 0.05) is 12.5 Å². The molecule has 0 saturated carbocycles. The summed E-state index contributed by atoms with van der Waals surface area (Å²) in [5.41, 5.74) is 1.04. The van der Waals surface area contributed by atoms with Crippen molar-refractivity contribution in [2.45, 2.75) is 45.4 Å². The maximum atomic E-state index is 11.9. The number of anilines is 2. The first kappa shape index (κ1) is 16.6. The fourth-order valence-electron chi connectivity index (χ4n) is 2.30. The van der Waals surface area contributed by atoms with Gasteiger partial charge >= 0.3 is 0 Å². The van der Waals surface area contributed by atoms with Crippen LogP contribution in [0.2, 0.25) is 5.02 Å². The Hall–Kier alpha value is -1.75. The van der Waals surface area contributed by atoms with Gasteiger partial charge in [0.2, 0.25) is 5.91 Å². The predicted molar refractivity (Wildman–Crippen MR) is 87.6 cm³/mol. The molecule has 2 rings (SSSR count). The number of carbonyl (C=O) groups is 2. The quantitative estimate of drug-likeness (QED) is 0.746. The lowest BCUT2D eigenvalue weighted by atomic mass is 10.1. The molecule has 5 nitrogen and oxygen atoms in total. The molecule has 22 heavy (non-hydrogen) atoms. The van der Waals surface area contributed by atoms with Gasteiger partial charge in [-0.15, -0.1) is 0 Å². The Kier molecular flexibility index (Phi) is 6.07. The molecular weight excluding hydrogens is 304 g/mol. The number of benzene rings is 1. The summed E-state index contributed by atoms with van der Waals surface area (Å²) in [6, 6.07) is 3.23.